The molecule has 1 aromatic rings. The molecule has 7 heteroatoms. The molecule has 0 saturated carbocycles. The molecule has 84 valence electrons. The third-order valence-corrected chi connectivity index (χ3v) is 1.85. The van der Waals surface area contributed by atoms with E-state index in [2.05, 4.69) is 4.74 Å². The van der Waals surface area contributed by atoms with E-state index in [4.69, 9.17) is 0 Å². The molecule has 0 saturated heterocycles. The number of esters is 1. The lowest BCUT2D eigenvalue weighted by atomic mass is 10.1. The van der Waals surface area contributed by atoms with E-state index in [1.165, 1.54) is 0 Å². The summed E-state index contributed by atoms with van der Waals surface area (Å²) in [6.45, 7) is 0. The highest BCUT2D eigenvalue weighted by atomic mass is 19.1. The molecule has 0 aliphatic rings. The van der Waals surface area contributed by atoms with Gasteiger partial charge in [0.1, 0.15) is 5.82 Å². The average Bonchev–Trinajstić information content (AvgIpc) is 2.27. The minimum Gasteiger partial charge on any atom is -0.465 e. The standard InChI is InChI=1S/C9H6FNO5/c1-16-9(13)6-2-5(4-12)8(11(14)15)3-7(6)10/h2-4H,1H3. The first-order chi connectivity index (χ1) is 7.51. The molecule has 0 spiro atoms. The van der Waals surface area contributed by atoms with E-state index >= 15 is 0 Å². The van der Waals surface area contributed by atoms with Crippen molar-refractivity contribution in [2.75, 3.05) is 7.11 Å². The number of halogens is 1. The molecule has 0 amide bonds. The molecule has 1 aromatic carbocycles. The Hall–Kier alpha value is -2.31. The van der Waals surface area contributed by atoms with Gasteiger partial charge in [-0.1, -0.05) is 0 Å². The fourth-order valence-electron chi connectivity index (χ4n) is 1.10. The summed E-state index contributed by atoms with van der Waals surface area (Å²) >= 11 is 0. The lowest BCUT2D eigenvalue weighted by Gasteiger charge is -2.02. The van der Waals surface area contributed by atoms with Gasteiger partial charge in [-0.3, -0.25) is 14.9 Å². The maximum atomic E-state index is 13.2. The van der Waals surface area contributed by atoms with Gasteiger partial charge in [-0.05, 0) is 6.07 Å². The number of nitrogens with zero attached hydrogens (tertiary/aromatic N) is 1. The molecular weight excluding hydrogens is 221 g/mol. The van der Waals surface area contributed by atoms with Crippen molar-refractivity contribution in [3.63, 3.8) is 0 Å². The maximum Gasteiger partial charge on any atom is 0.340 e. The molecule has 0 N–H and O–H groups in total. The average molecular weight is 227 g/mol. The molecule has 0 atom stereocenters. The number of nitro groups is 1. The van der Waals surface area contributed by atoms with Crippen molar-refractivity contribution in [2.45, 2.75) is 0 Å². The number of carbonyl (C=O) groups is 2. The van der Waals surface area contributed by atoms with Crippen LogP contribution >= 0.6 is 0 Å². The van der Waals surface area contributed by atoms with Gasteiger partial charge in [0, 0.05) is 0 Å². The van der Waals surface area contributed by atoms with Gasteiger partial charge in [0.05, 0.1) is 29.2 Å². The Kier molecular flexibility index (Phi) is 3.29. The summed E-state index contributed by atoms with van der Waals surface area (Å²) < 4.78 is 17.5. The van der Waals surface area contributed by atoms with Crippen molar-refractivity contribution in [1.82, 2.24) is 0 Å². The van der Waals surface area contributed by atoms with Crippen LogP contribution in [0, 0.1) is 15.9 Å². The number of nitro benzene ring substituents is 1. The number of benzene rings is 1. The molecule has 1 rings (SSSR count). The van der Waals surface area contributed by atoms with Gasteiger partial charge in [0.25, 0.3) is 5.69 Å². The van der Waals surface area contributed by atoms with E-state index in [1.807, 2.05) is 0 Å². The summed E-state index contributed by atoms with van der Waals surface area (Å²) in [6.07, 6.45) is 0.171. The number of carbonyl (C=O) groups excluding carboxylic acids is 2. The molecule has 0 unspecified atom stereocenters. The Labute approximate surface area is 88.8 Å². The van der Waals surface area contributed by atoms with Crippen LogP contribution in [0.2, 0.25) is 0 Å². The summed E-state index contributed by atoms with van der Waals surface area (Å²) in [7, 11) is 1.03. The molecular formula is C9H6FNO5. The molecule has 0 aliphatic heterocycles. The van der Waals surface area contributed by atoms with Crippen LogP contribution in [0.1, 0.15) is 20.7 Å². The highest BCUT2D eigenvalue weighted by Gasteiger charge is 2.21. The summed E-state index contributed by atoms with van der Waals surface area (Å²) in [5.74, 6) is -2.11. The second-order valence-corrected chi connectivity index (χ2v) is 2.76. The topological polar surface area (TPSA) is 86.5 Å². The Bertz CT molecular complexity index is 471. The minimum absolute atomic E-state index is 0.171. The Morgan fingerprint density at radius 1 is 1.56 bits per heavy atom. The number of rotatable bonds is 3. The molecule has 0 radical (unpaired) electrons. The number of methoxy groups -OCH3 is 1. The predicted octanol–water partition coefficient (Wildman–Crippen LogP) is 1.33. The molecule has 0 heterocycles. The summed E-state index contributed by atoms with van der Waals surface area (Å²) in [6, 6.07) is 1.29. The van der Waals surface area contributed by atoms with Crippen molar-refractivity contribution in [1.29, 1.82) is 0 Å². The first-order valence-corrected chi connectivity index (χ1v) is 4.02. The lowest BCUT2D eigenvalue weighted by Crippen LogP contribution is -2.07. The second kappa shape index (κ2) is 4.47. The zero-order valence-electron chi connectivity index (χ0n) is 8.10. The van der Waals surface area contributed by atoms with Crippen LogP contribution in [-0.2, 0) is 4.74 Å². The number of hydrogen-bond donors (Lipinski definition) is 0. The highest BCUT2D eigenvalue weighted by Crippen LogP contribution is 2.21. The van der Waals surface area contributed by atoms with Crippen LogP contribution < -0.4 is 0 Å². The second-order valence-electron chi connectivity index (χ2n) is 2.76. The first kappa shape index (κ1) is 11.8. The lowest BCUT2D eigenvalue weighted by molar-refractivity contribution is -0.385. The van der Waals surface area contributed by atoms with Crippen LogP contribution in [-0.4, -0.2) is 24.3 Å². The van der Waals surface area contributed by atoms with Crippen LogP contribution in [0.5, 0.6) is 0 Å². The summed E-state index contributed by atoms with van der Waals surface area (Å²) in [4.78, 5) is 31.1. The van der Waals surface area contributed by atoms with Crippen LogP contribution in [0.3, 0.4) is 0 Å². The highest BCUT2D eigenvalue weighted by molar-refractivity contribution is 5.93. The predicted molar refractivity (Wildman–Crippen MR) is 49.8 cm³/mol. The Balaban J connectivity index is 3.42. The number of ether oxygens (including phenoxy) is 1. The van der Waals surface area contributed by atoms with Gasteiger partial charge in [-0.15, -0.1) is 0 Å². The van der Waals surface area contributed by atoms with E-state index in [1.54, 1.807) is 0 Å². The van der Waals surface area contributed by atoms with Crippen molar-refractivity contribution < 1.29 is 23.6 Å². The fraction of sp³-hybridized carbons (Fsp3) is 0.111. The molecule has 0 aliphatic carbocycles. The quantitative estimate of drug-likeness (QED) is 0.336. The van der Waals surface area contributed by atoms with Crippen molar-refractivity contribution in [3.05, 3.63) is 39.2 Å². The van der Waals surface area contributed by atoms with Gasteiger partial charge in [0.2, 0.25) is 0 Å². The van der Waals surface area contributed by atoms with Crippen LogP contribution in [0.25, 0.3) is 0 Å². The fourth-order valence-corrected chi connectivity index (χ4v) is 1.10. The number of aldehydes is 1. The van der Waals surface area contributed by atoms with E-state index in [0.717, 1.165) is 13.2 Å². The zero-order valence-corrected chi connectivity index (χ0v) is 8.10. The van der Waals surface area contributed by atoms with Gasteiger partial charge in [-0.25, -0.2) is 9.18 Å². The Morgan fingerprint density at radius 2 is 2.19 bits per heavy atom. The molecule has 0 aromatic heterocycles. The third kappa shape index (κ3) is 2.02. The van der Waals surface area contributed by atoms with Gasteiger partial charge in [-0.2, -0.15) is 0 Å². The summed E-state index contributed by atoms with van der Waals surface area (Å²) in [5.41, 5.74) is -1.60. The van der Waals surface area contributed by atoms with E-state index in [0.29, 0.717) is 6.07 Å². The van der Waals surface area contributed by atoms with E-state index in [9.17, 15) is 24.1 Å². The largest absolute Gasteiger partial charge is 0.465 e. The maximum absolute atomic E-state index is 13.2. The molecule has 16 heavy (non-hydrogen) atoms. The van der Waals surface area contributed by atoms with Crippen molar-refractivity contribution >= 4 is 17.9 Å². The zero-order chi connectivity index (χ0) is 12.3. The van der Waals surface area contributed by atoms with Crippen molar-refractivity contribution in [3.8, 4) is 0 Å². The first-order valence-electron chi connectivity index (χ1n) is 4.02. The number of hydrogen-bond acceptors (Lipinski definition) is 5. The van der Waals surface area contributed by atoms with Crippen LogP contribution in [0.4, 0.5) is 10.1 Å². The van der Waals surface area contributed by atoms with Gasteiger partial charge < -0.3 is 4.74 Å². The van der Waals surface area contributed by atoms with E-state index < -0.39 is 28.0 Å². The van der Waals surface area contributed by atoms with Gasteiger partial charge in [0.15, 0.2) is 6.29 Å². The normalized spacial score (nSPS) is 9.62. The van der Waals surface area contributed by atoms with E-state index in [-0.39, 0.29) is 11.8 Å². The molecule has 6 nitrogen and oxygen atoms in total. The SMILES string of the molecule is COC(=O)c1cc(C=O)c([N+](=O)[O-])cc1F. The van der Waals surface area contributed by atoms with Crippen molar-refractivity contribution in [2.24, 2.45) is 0 Å². The smallest absolute Gasteiger partial charge is 0.340 e. The minimum atomic E-state index is -1.11. The Morgan fingerprint density at radius 3 is 2.62 bits per heavy atom. The van der Waals surface area contributed by atoms with Gasteiger partial charge >= 0.3 is 5.97 Å². The van der Waals surface area contributed by atoms with Crippen LogP contribution in [0.15, 0.2) is 12.1 Å². The monoisotopic (exact) mass is 227 g/mol. The molecule has 0 bridgehead atoms. The third-order valence-electron chi connectivity index (χ3n) is 1.85. The molecule has 0 fully saturated rings. The summed E-state index contributed by atoms with van der Waals surface area (Å²) in [5, 5.41) is 10.4.